The van der Waals surface area contributed by atoms with E-state index in [-0.39, 0.29) is 10.7 Å². The highest BCUT2D eigenvalue weighted by atomic mass is 35.5. The van der Waals surface area contributed by atoms with Gasteiger partial charge in [-0.1, -0.05) is 34.8 Å². The summed E-state index contributed by atoms with van der Waals surface area (Å²) in [5, 5.41) is 5.16. The number of hydrogen-bond donors (Lipinski definition) is 0. The van der Waals surface area contributed by atoms with Crippen LogP contribution in [0.2, 0.25) is 14.5 Å². The lowest BCUT2D eigenvalue weighted by Crippen LogP contribution is -2.03. The Kier molecular flexibility index (Phi) is 5.15. The zero-order chi connectivity index (χ0) is 18.3. The summed E-state index contributed by atoms with van der Waals surface area (Å²) < 4.78 is 22.4. The Balaban J connectivity index is 1.67. The number of hydrogen-bond acceptors (Lipinski definition) is 3. The molecule has 3 aromatic rings. The molecule has 0 bridgehead atoms. The molecule has 1 aliphatic carbocycles. The molecule has 4 rings (SSSR count). The molecule has 0 atom stereocenters. The third-order valence-corrected chi connectivity index (χ3v) is 6.21. The molecule has 0 fully saturated rings. The lowest BCUT2D eigenvalue weighted by atomic mass is 9.99. The van der Waals surface area contributed by atoms with Crippen LogP contribution in [0, 0.1) is 5.82 Å². The number of nitrogens with zero attached hydrogens (tertiary/aromatic N) is 2. The maximum Gasteiger partial charge on any atom is 0.150 e. The van der Waals surface area contributed by atoms with Crippen molar-refractivity contribution in [2.75, 3.05) is 0 Å². The topological polar surface area (TPSA) is 27.1 Å². The summed E-state index contributed by atoms with van der Waals surface area (Å²) >= 11 is 20.0. The molecule has 0 aliphatic heterocycles. The molecule has 136 valence electrons. The Labute approximate surface area is 169 Å². The summed E-state index contributed by atoms with van der Waals surface area (Å²) in [5.74, 6) is -0.125. The Hall–Kier alpha value is -1.27. The predicted molar refractivity (Wildman–Crippen MR) is 104 cm³/mol. The van der Waals surface area contributed by atoms with Gasteiger partial charge in [0, 0.05) is 16.5 Å². The number of thiophene rings is 1. The molecule has 0 saturated carbocycles. The van der Waals surface area contributed by atoms with Gasteiger partial charge in [-0.2, -0.15) is 5.10 Å². The quantitative estimate of drug-likeness (QED) is 0.472. The predicted octanol–water partition coefficient (Wildman–Crippen LogP) is 6.49. The second kappa shape index (κ2) is 7.39. The summed E-state index contributed by atoms with van der Waals surface area (Å²) in [6, 6.07) is 6.45. The fourth-order valence-electron chi connectivity index (χ4n) is 3.04. The normalized spacial score (nSPS) is 13.7. The minimum atomic E-state index is -0.497. The van der Waals surface area contributed by atoms with Crippen molar-refractivity contribution in [3.05, 3.63) is 60.7 Å². The molecule has 1 aliphatic rings. The molecular weight excluding hydrogens is 418 g/mol. The van der Waals surface area contributed by atoms with Gasteiger partial charge in [0.1, 0.15) is 23.2 Å². The monoisotopic (exact) mass is 430 g/mol. The number of aryl methyl sites for hydroxylation is 1. The molecular formula is C18H14Cl3FN2OS. The van der Waals surface area contributed by atoms with Gasteiger partial charge in [-0.15, -0.1) is 11.3 Å². The van der Waals surface area contributed by atoms with Gasteiger partial charge in [-0.25, -0.2) is 9.07 Å². The van der Waals surface area contributed by atoms with E-state index in [0.717, 1.165) is 41.8 Å². The number of rotatable bonds is 4. The average molecular weight is 432 g/mol. The average Bonchev–Trinajstić information content (AvgIpc) is 3.18. The van der Waals surface area contributed by atoms with E-state index in [4.69, 9.17) is 39.5 Å². The standard InChI is InChI=1S/C18H14Cl3FN2OS/c19-12-7-13(22)15(8-16(12)25-9-10-5-6-17(20)26-10)24-18(21)11-3-1-2-4-14(11)23-24/h5-8H,1-4,9H2. The summed E-state index contributed by atoms with van der Waals surface area (Å²) in [5.41, 5.74) is 2.17. The highest BCUT2D eigenvalue weighted by Gasteiger charge is 2.22. The number of halogens is 4. The van der Waals surface area contributed by atoms with Crippen molar-refractivity contribution >= 4 is 46.1 Å². The van der Waals surface area contributed by atoms with Gasteiger partial charge in [-0.3, -0.25) is 0 Å². The van der Waals surface area contributed by atoms with Crippen molar-refractivity contribution < 1.29 is 9.13 Å². The third kappa shape index (κ3) is 3.46. The Morgan fingerprint density at radius 3 is 2.69 bits per heavy atom. The van der Waals surface area contributed by atoms with E-state index < -0.39 is 5.82 Å². The zero-order valence-electron chi connectivity index (χ0n) is 13.6. The van der Waals surface area contributed by atoms with Crippen LogP contribution in [-0.2, 0) is 19.4 Å². The third-order valence-electron chi connectivity index (χ3n) is 4.32. The van der Waals surface area contributed by atoms with Gasteiger partial charge in [0.25, 0.3) is 0 Å². The molecule has 8 heteroatoms. The molecule has 26 heavy (non-hydrogen) atoms. The lowest BCUT2D eigenvalue weighted by Gasteiger charge is -2.11. The first kappa shape index (κ1) is 18.1. The molecule has 1 aromatic carbocycles. The van der Waals surface area contributed by atoms with E-state index in [1.807, 2.05) is 6.07 Å². The molecule has 2 heterocycles. The number of aromatic nitrogens is 2. The van der Waals surface area contributed by atoms with Crippen molar-refractivity contribution in [2.45, 2.75) is 32.3 Å². The maximum atomic E-state index is 14.6. The molecule has 3 nitrogen and oxygen atoms in total. The van der Waals surface area contributed by atoms with Crippen LogP contribution in [0.3, 0.4) is 0 Å². The van der Waals surface area contributed by atoms with Gasteiger partial charge in [0.05, 0.1) is 15.1 Å². The SMILES string of the molecule is Fc1cc(Cl)c(OCc2ccc(Cl)s2)cc1-n1nc2c(c1Cl)CCCC2. The van der Waals surface area contributed by atoms with E-state index in [9.17, 15) is 4.39 Å². The summed E-state index contributed by atoms with van der Waals surface area (Å²) in [6.07, 6.45) is 3.87. The highest BCUT2D eigenvalue weighted by Crippen LogP contribution is 2.35. The second-order valence-corrected chi connectivity index (χ2v) is 8.63. The summed E-state index contributed by atoms with van der Waals surface area (Å²) in [7, 11) is 0. The maximum absolute atomic E-state index is 14.6. The van der Waals surface area contributed by atoms with E-state index in [0.29, 0.717) is 21.8 Å². The highest BCUT2D eigenvalue weighted by molar-refractivity contribution is 7.16. The van der Waals surface area contributed by atoms with Gasteiger partial charge >= 0.3 is 0 Å². The minimum Gasteiger partial charge on any atom is -0.486 e. The van der Waals surface area contributed by atoms with Crippen molar-refractivity contribution in [3.63, 3.8) is 0 Å². The van der Waals surface area contributed by atoms with E-state index in [2.05, 4.69) is 5.10 Å². The summed E-state index contributed by atoms with van der Waals surface area (Å²) in [6.45, 7) is 0.297. The molecule has 0 amide bonds. The van der Waals surface area contributed by atoms with Gasteiger partial charge < -0.3 is 4.74 Å². The Bertz CT molecular complexity index is 970. The number of ether oxygens (including phenoxy) is 1. The first-order chi connectivity index (χ1) is 12.5. The van der Waals surface area contributed by atoms with Gasteiger partial charge in [0.2, 0.25) is 0 Å². The zero-order valence-corrected chi connectivity index (χ0v) is 16.7. The van der Waals surface area contributed by atoms with Gasteiger partial charge in [0.15, 0.2) is 5.82 Å². The van der Waals surface area contributed by atoms with Crippen LogP contribution in [0.5, 0.6) is 5.75 Å². The summed E-state index contributed by atoms with van der Waals surface area (Å²) in [4.78, 5) is 0.949. The van der Waals surface area contributed by atoms with Crippen LogP contribution < -0.4 is 4.74 Å². The van der Waals surface area contributed by atoms with Crippen LogP contribution in [0.25, 0.3) is 5.69 Å². The largest absolute Gasteiger partial charge is 0.486 e. The Morgan fingerprint density at radius 1 is 1.15 bits per heavy atom. The molecule has 0 radical (unpaired) electrons. The van der Waals surface area contributed by atoms with Crippen LogP contribution in [0.15, 0.2) is 24.3 Å². The Morgan fingerprint density at radius 2 is 1.96 bits per heavy atom. The minimum absolute atomic E-state index is 0.196. The van der Waals surface area contributed by atoms with Crippen LogP contribution in [0.1, 0.15) is 29.0 Å². The van der Waals surface area contributed by atoms with E-state index in [1.54, 1.807) is 6.07 Å². The molecule has 0 saturated heterocycles. The fourth-order valence-corrected chi connectivity index (χ4v) is 4.58. The lowest BCUT2D eigenvalue weighted by molar-refractivity contribution is 0.309. The van der Waals surface area contributed by atoms with Crippen molar-refractivity contribution in [1.82, 2.24) is 9.78 Å². The smallest absolute Gasteiger partial charge is 0.150 e. The second-order valence-electron chi connectivity index (χ2n) is 6.06. The molecule has 0 unspecified atom stereocenters. The fraction of sp³-hybridized carbons (Fsp3) is 0.278. The van der Waals surface area contributed by atoms with E-state index in [1.165, 1.54) is 28.2 Å². The van der Waals surface area contributed by atoms with E-state index >= 15 is 0 Å². The number of fused-ring (bicyclic) bond motifs is 1. The van der Waals surface area contributed by atoms with Crippen LogP contribution in [0.4, 0.5) is 4.39 Å². The van der Waals surface area contributed by atoms with Crippen LogP contribution in [-0.4, -0.2) is 9.78 Å². The molecule has 0 N–H and O–H groups in total. The van der Waals surface area contributed by atoms with Crippen LogP contribution >= 0.6 is 46.1 Å². The van der Waals surface area contributed by atoms with Crippen molar-refractivity contribution in [2.24, 2.45) is 0 Å². The molecule has 0 spiro atoms. The van der Waals surface area contributed by atoms with Crippen molar-refractivity contribution in [1.29, 1.82) is 0 Å². The first-order valence-electron chi connectivity index (χ1n) is 8.15. The van der Waals surface area contributed by atoms with Crippen molar-refractivity contribution in [3.8, 4) is 11.4 Å². The number of benzene rings is 1. The molecule has 2 aromatic heterocycles. The van der Waals surface area contributed by atoms with Gasteiger partial charge in [-0.05, 0) is 43.9 Å². The first-order valence-corrected chi connectivity index (χ1v) is 10.1.